The van der Waals surface area contributed by atoms with Crippen molar-refractivity contribution in [3.8, 4) is 0 Å². The first-order valence-electron chi connectivity index (χ1n) is 6.93. The SMILES string of the molecule is C/C(=N/NC(=O)CNc1ccccc1)c1ccc([N+](=O)[O-])cc1. The van der Waals surface area contributed by atoms with E-state index in [2.05, 4.69) is 15.8 Å². The van der Waals surface area contributed by atoms with Crippen LogP contribution < -0.4 is 10.7 Å². The number of para-hydroxylation sites is 1. The van der Waals surface area contributed by atoms with Gasteiger partial charge in [-0.2, -0.15) is 5.10 Å². The molecule has 0 aliphatic rings. The average molecular weight is 312 g/mol. The van der Waals surface area contributed by atoms with E-state index < -0.39 is 4.92 Å². The molecule has 0 fully saturated rings. The monoisotopic (exact) mass is 312 g/mol. The van der Waals surface area contributed by atoms with Crippen molar-refractivity contribution in [3.05, 3.63) is 70.3 Å². The Morgan fingerprint density at radius 2 is 1.78 bits per heavy atom. The van der Waals surface area contributed by atoms with E-state index in [-0.39, 0.29) is 18.1 Å². The normalized spacial score (nSPS) is 10.9. The molecule has 0 spiro atoms. The fourth-order valence-electron chi connectivity index (χ4n) is 1.81. The zero-order valence-electron chi connectivity index (χ0n) is 12.5. The molecule has 23 heavy (non-hydrogen) atoms. The van der Waals surface area contributed by atoms with Crippen molar-refractivity contribution in [2.75, 3.05) is 11.9 Å². The van der Waals surface area contributed by atoms with Crippen LogP contribution in [0.2, 0.25) is 0 Å². The van der Waals surface area contributed by atoms with E-state index in [0.29, 0.717) is 11.3 Å². The van der Waals surface area contributed by atoms with Gasteiger partial charge in [0.25, 0.3) is 11.6 Å². The van der Waals surface area contributed by atoms with Gasteiger partial charge in [0.1, 0.15) is 0 Å². The number of amides is 1. The summed E-state index contributed by atoms with van der Waals surface area (Å²) < 4.78 is 0. The van der Waals surface area contributed by atoms with Crippen LogP contribution in [-0.4, -0.2) is 23.1 Å². The number of hydrazone groups is 1. The van der Waals surface area contributed by atoms with Gasteiger partial charge >= 0.3 is 0 Å². The molecule has 2 rings (SSSR count). The fourth-order valence-corrected chi connectivity index (χ4v) is 1.81. The molecular weight excluding hydrogens is 296 g/mol. The van der Waals surface area contributed by atoms with Crippen LogP contribution in [0, 0.1) is 10.1 Å². The average Bonchev–Trinajstić information content (AvgIpc) is 2.58. The lowest BCUT2D eigenvalue weighted by atomic mass is 10.1. The lowest BCUT2D eigenvalue weighted by Gasteiger charge is -2.05. The predicted molar refractivity (Wildman–Crippen MR) is 88.4 cm³/mol. The molecule has 0 bridgehead atoms. The van der Waals surface area contributed by atoms with Crippen LogP contribution in [0.1, 0.15) is 12.5 Å². The summed E-state index contributed by atoms with van der Waals surface area (Å²) in [6.07, 6.45) is 0. The van der Waals surface area contributed by atoms with Crippen molar-refractivity contribution in [2.24, 2.45) is 5.10 Å². The van der Waals surface area contributed by atoms with Crippen LogP contribution in [0.4, 0.5) is 11.4 Å². The van der Waals surface area contributed by atoms with Gasteiger partial charge in [-0.25, -0.2) is 5.43 Å². The van der Waals surface area contributed by atoms with Gasteiger partial charge < -0.3 is 5.32 Å². The highest BCUT2D eigenvalue weighted by molar-refractivity contribution is 5.99. The van der Waals surface area contributed by atoms with Crippen molar-refractivity contribution in [1.29, 1.82) is 0 Å². The standard InChI is InChI=1S/C16H16N4O3/c1-12(13-7-9-15(10-8-13)20(22)23)18-19-16(21)11-17-14-5-3-2-4-6-14/h2-10,17H,11H2,1H3,(H,19,21)/b18-12-. The van der Waals surface area contributed by atoms with Crippen LogP contribution in [0.5, 0.6) is 0 Å². The molecule has 1 amide bonds. The van der Waals surface area contributed by atoms with Gasteiger partial charge in [0, 0.05) is 17.8 Å². The number of hydrogen-bond donors (Lipinski definition) is 2. The lowest BCUT2D eigenvalue weighted by Crippen LogP contribution is -2.26. The molecule has 0 radical (unpaired) electrons. The fraction of sp³-hybridized carbons (Fsp3) is 0.125. The van der Waals surface area contributed by atoms with E-state index in [1.807, 2.05) is 30.3 Å². The van der Waals surface area contributed by atoms with Crippen molar-refractivity contribution >= 4 is 23.0 Å². The minimum atomic E-state index is -0.465. The summed E-state index contributed by atoms with van der Waals surface area (Å²) in [6, 6.07) is 15.3. The predicted octanol–water partition coefficient (Wildman–Crippen LogP) is 2.55. The van der Waals surface area contributed by atoms with E-state index in [9.17, 15) is 14.9 Å². The highest BCUT2D eigenvalue weighted by Crippen LogP contribution is 2.12. The summed E-state index contributed by atoms with van der Waals surface area (Å²) >= 11 is 0. The molecule has 0 atom stereocenters. The number of anilines is 1. The van der Waals surface area contributed by atoms with Gasteiger partial charge in [-0.15, -0.1) is 0 Å². The Labute approximate surface area is 133 Å². The molecule has 0 aromatic heterocycles. The van der Waals surface area contributed by atoms with Crippen LogP contribution in [0.3, 0.4) is 0 Å². The molecule has 0 heterocycles. The van der Waals surface area contributed by atoms with E-state index in [0.717, 1.165) is 5.69 Å². The lowest BCUT2D eigenvalue weighted by molar-refractivity contribution is -0.384. The maximum atomic E-state index is 11.7. The van der Waals surface area contributed by atoms with E-state index in [1.165, 1.54) is 12.1 Å². The second-order valence-corrected chi connectivity index (χ2v) is 4.76. The van der Waals surface area contributed by atoms with Gasteiger partial charge in [0.15, 0.2) is 0 Å². The Bertz CT molecular complexity index is 712. The number of nitro benzene ring substituents is 1. The van der Waals surface area contributed by atoms with Crippen LogP contribution in [0.25, 0.3) is 0 Å². The van der Waals surface area contributed by atoms with Gasteiger partial charge in [-0.05, 0) is 36.8 Å². The van der Waals surface area contributed by atoms with Crippen molar-refractivity contribution < 1.29 is 9.72 Å². The number of hydrogen-bond acceptors (Lipinski definition) is 5. The number of nitro groups is 1. The molecule has 2 N–H and O–H groups in total. The maximum Gasteiger partial charge on any atom is 0.269 e. The molecule has 2 aromatic carbocycles. The quantitative estimate of drug-likeness (QED) is 0.486. The summed E-state index contributed by atoms with van der Waals surface area (Å²) in [6.45, 7) is 1.81. The van der Waals surface area contributed by atoms with E-state index in [1.54, 1.807) is 19.1 Å². The summed E-state index contributed by atoms with van der Waals surface area (Å²) in [7, 11) is 0. The zero-order chi connectivity index (χ0) is 16.7. The molecule has 118 valence electrons. The second-order valence-electron chi connectivity index (χ2n) is 4.76. The number of nitrogens with one attached hydrogen (secondary N) is 2. The van der Waals surface area contributed by atoms with Crippen molar-refractivity contribution in [1.82, 2.24) is 5.43 Å². The number of non-ortho nitro benzene ring substituents is 1. The minimum Gasteiger partial charge on any atom is -0.376 e. The first-order valence-corrected chi connectivity index (χ1v) is 6.93. The topological polar surface area (TPSA) is 96.6 Å². The van der Waals surface area contributed by atoms with Gasteiger partial charge in [-0.3, -0.25) is 14.9 Å². The number of rotatable bonds is 6. The summed E-state index contributed by atoms with van der Waals surface area (Å²) in [5.74, 6) is -0.282. The van der Waals surface area contributed by atoms with Gasteiger partial charge in [-0.1, -0.05) is 18.2 Å². The Morgan fingerprint density at radius 3 is 2.39 bits per heavy atom. The van der Waals surface area contributed by atoms with Gasteiger partial charge in [0.05, 0.1) is 17.2 Å². The zero-order valence-corrected chi connectivity index (χ0v) is 12.5. The molecule has 0 aliphatic carbocycles. The first-order chi connectivity index (χ1) is 11.1. The molecule has 0 saturated heterocycles. The first kappa shape index (κ1) is 16.2. The molecule has 0 saturated carbocycles. The van der Waals surface area contributed by atoms with Gasteiger partial charge in [0.2, 0.25) is 0 Å². The third-order valence-electron chi connectivity index (χ3n) is 3.07. The summed E-state index contributed by atoms with van der Waals surface area (Å²) in [5, 5.41) is 17.6. The van der Waals surface area contributed by atoms with E-state index >= 15 is 0 Å². The van der Waals surface area contributed by atoms with Crippen LogP contribution >= 0.6 is 0 Å². The smallest absolute Gasteiger partial charge is 0.269 e. The molecule has 0 aliphatic heterocycles. The number of nitrogens with zero attached hydrogens (tertiary/aromatic N) is 2. The Hall–Kier alpha value is -3.22. The molecular formula is C16H16N4O3. The third kappa shape index (κ3) is 4.92. The number of carbonyl (C=O) groups is 1. The van der Waals surface area contributed by atoms with Crippen molar-refractivity contribution in [2.45, 2.75) is 6.92 Å². The van der Waals surface area contributed by atoms with Crippen LogP contribution in [0.15, 0.2) is 59.7 Å². The molecule has 0 unspecified atom stereocenters. The molecule has 2 aromatic rings. The largest absolute Gasteiger partial charge is 0.376 e. The number of benzene rings is 2. The van der Waals surface area contributed by atoms with Crippen LogP contribution in [-0.2, 0) is 4.79 Å². The summed E-state index contributed by atoms with van der Waals surface area (Å²) in [4.78, 5) is 21.9. The Kier molecular flexibility index (Phi) is 5.40. The minimum absolute atomic E-state index is 0.0117. The van der Waals surface area contributed by atoms with Crippen molar-refractivity contribution in [3.63, 3.8) is 0 Å². The second kappa shape index (κ2) is 7.69. The molecule has 7 heteroatoms. The summed E-state index contributed by atoms with van der Waals surface area (Å²) in [5.41, 5.74) is 4.56. The Balaban J connectivity index is 1.88. The highest BCUT2D eigenvalue weighted by atomic mass is 16.6. The maximum absolute atomic E-state index is 11.7. The number of carbonyl (C=O) groups excluding carboxylic acids is 1. The highest BCUT2D eigenvalue weighted by Gasteiger charge is 2.06. The van der Waals surface area contributed by atoms with E-state index in [4.69, 9.17) is 0 Å². The third-order valence-corrected chi connectivity index (χ3v) is 3.07. The Morgan fingerprint density at radius 1 is 1.13 bits per heavy atom. The molecule has 7 nitrogen and oxygen atoms in total.